The van der Waals surface area contributed by atoms with Crippen molar-refractivity contribution in [3.63, 3.8) is 0 Å². The Kier molecular flexibility index (Phi) is 1.67. The summed E-state index contributed by atoms with van der Waals surface area (Å²) in [6, 6.07) is 3.32. The second-order valence-corrected chi connectivity index (χ2v) is 2.88. The molecule has 0 radical (unpaired) electrons. The van der Waals surface area contributed by atoms with E-state index in [1.807, 2.05) is 0 Å². The molecule has 14 heavy (non-hydrogen) atoms. The van der Waals surface area contributed by atoms with Crippen LogP contribution in [0.25, 0.3) is 10.9 Å². The van der Waals surface area contributed by atoms with Gasteiger partial charge in [-0.15, -0.1) is 0 Å². The van der Waals surface area contributed by atoms with Crippen LogP contribution >= 0.6 is 0 Å². The van der Waals surface area contributed by atoms with E-state index < -0.39 is 11.7 Å². The molecule has 0 unspecified atom stereocenters. The van der Waals surface area contributed by atoms with E-state index in [0.717, 1.165) is 16.9 Å². The van der Waals surface area contributed by atoms with E-state index in [0.29, 0.717) is 5.39 Å². The molecule has 1 aromatic carbocycles. The molecule has 0 saturated heterocycles. The number of fused-ring (bicyclic) bond motifs is 1. The van der Waals surface area contributed by atoms with Crippen molar-refractivity contribution >= 4 is 10.9 Å². The Morgan fingerprint density at radius 3 is 2.64 bits per heavy atom. The van der Waals surface area contributed by atoms with Crippen molar-refractivity contribution in [3.05, 3.63) is 30.0 Å². The first-order valence-corrected chi connectivity index (χ1v) is 3.78. The van der Waals surface area contributed by atoms with Gasteiger partial charge >= 0.3 is 6.18 Å². The zero-order valence-corrected chi connectivity index (χ0v) is 6.92. The predicted molar refractivity (Wildman–Crippen MR) is 44.9 cm³/mol. The quantitative estimate of drug-likeness (QED) is 0.660. The number of nitrogen functional groups attached to an aromatic ring is 1. The lowest BCUT2D eigenvalue weighted by Crippen LogP contribution is -2.07. The Balaban J connectivity index is 2.62. The van der Waals surface area contributed by atoms with Crippen LogP contribution in [-0.4, -0.2) is 9.89 Å². The fourth-order valence-corrected chi connectivity index (χ4v) is 1.21. The zero-order valence-electron chi connectivity index (χ0n) is 6.92. The van der Waals surface area contributed by atoms with E-state index in [-0.39, 0.29) is 5.52 Å². The van der Waals surface area contributed by atoms with E-state index in [2.05, 4.69) is 5.10 Å². The molecule has 74 valence electrons. The molecule has 1 heterocycles. The second-order valence-electron chi connectivity index (χ2n) is 2.88. The van der Waals surface area contributed by atoms with Crippen LogP contribution in [0.2, 0.25) is 0 Å². The summed E-state index contributed by atoms with van der Waals surface area (Å²) in [6.07, 6.45) is -2.89. The molecule has 0 saturated carbocycles. The van der Waals surface area contributed by atoms with Crippen molar-refractivity contribution in [2.75, 3.05) is 5.84 Å². The van der Waals surface area contributed by atoms with Gasteiger partial charge in [0.25, 0.3) is 0 Å². The van der Waals surface area contributed by atoms with Gasteiger partial charge in [-0.2, -0.15) is 23.1 Å². The Hall–Kier alpha value is -1.72. The van der Waals surface area contributed by atoms with Crippen LogP contribution in [0.15, 0.2) is 24.4 Å². The number of alkyl halides is 3. The SMILES string of the molecule is Nn1cc2ccc(C(F)(F)F)cc2n1. The number of nitrogens with two attached hydrogens (primary N) is 1. The first kappa shape index (κ1) is 8.86. The van der Waals surface area contributed by atoms with Crippen LogP contribution in [-0.2, 0) is 6.18 Å². The highest BCUT2D eigenvalue weighted by Gasteiger charge is 2.30. The summed E-state index contributed by atoms with van der Waals surface area (Å²) in [5, 5.41) is 4.27. The van der Waals surface area contributed by atoms with E-state index in [4.69, 9.17) is 5.84 Å². The van der Waals surface area contributed by atoms with Crippen molar-refractivity contribution in [2.45, 2.75) is 6.18 Å². The van der Waals surface area contributed by atoms with E-state index in [1.54, 1.807) is 0 Å². The maximum Gasteiger partial charge on any atom is 0.416 e. The third-order valence-electron chi connectivity index (χ3n) is 1.85. The molecule has 0 atom stereocenters. The first-order chi connectivity index (χ1) is 6.47. The fraction of sp³-hybridized carbons (Fsp3) is 0.125. The average Bonchev–Trinajstić information content (AvgIpc) is 2.41. The average molecular weight is 201 g/mol. The number of hydrogen-bond acceptors (Lipinski definition) is 2. The van der Waals surface area contributed by atoms with Crippen LogP contribution in [0.4, 0.5) is 13.2 Å². The lowest BCUT2D eigenvalue weighted by atomic mass is 10.1. The molecule has 0 amide bonds. The Labute approximate surface area is 76.9 Å². The summed E-state index contributed by atoms with van der Waals surface area (Å²) < 4.78 is 36.8. The van der Waals surface area contributed by atoms with Gasteiger partial charge in [0.1, 0.15) is 0 Å². The highest BCUT2D eigenvalue weighted by molar-refractivity contribution is 5.78. The fourth-order valence-electron chi connectivity index (χ4n) is 1.21. The summed E-state index contributed by atoms with van der Waals surface area (Å²) in [4.78, 5) is 0.991. The molecule has 0 aliphatic rings. The number of hydrogen-bond donors (Lipinski definition) is 1. The Morgan fingerprint density at radius 1 is 1.29 bits per heavy atom. The second kappa shape index (κ2) is 2.63. The third-order valence-corrected chi connectivity index (χ3v) is 1.85. The zero-order chi connectivity index (χ0) is 10.3. The standard InChI is InChI=1S/C8H6F3N3/c9-8(10,11)6-2-1-5-4-14(12)13-7(5)3-6/h1-4H,12H2. The minimum Gasteiger partial charge on any atom is -0.323 e. The first-order valence-electron chi connectivity index (χ1n) is 3.78. The molecule has 0 aliphatic carbocycles. The lowest BCUT2D eigenvalue weighted by Gasteiger charge is -2.04. The molecular formula is C8H6F3N3. The van der Waals surface area contributed by atoms with Gasteiger partial charge in [0, 0.05) is 5.39 Å². The summed E-state index contributed by atoms with van der Waals surface area (Å²) >= 11 is 0. The normalized spacial score (nSPS) is 12.2. The van der Waals surface area contributed by atoms with E-state index in [9.17, 15) is 13.2 Å². The summed E-state index contributed by atoms with van der Waals surface area (Å²) in [6.45, 7) is 0. The van der Waals surface area contributed by atoms with Crippen molar-refractivity contribution in [2.24, 2.45) is 0 Å². The molecule has 3 nitrogen and oxygen atoms in total. The highest BCUT2D eigenvalue weighted by Crippen LogP contribution is 2.30. The van der Waals surface area contributed by atoms with Gasteiger partial charge in [0.05, 0.1) is 17.3 Å². The van der Waals surface area contributed by atoms with Crippen LogP contribution in [0.1, 0.15) is 5.56 Å². The van der Waals surface area contributed by atoms with Gasteiger partial charge in [-0.05, 0) is 12.1 Å². The van der Waals surface area contributed by atoms with Crippen LogP contribution in [0.3, 0.4) is 0 Å². The Morgan fingerprint density at radius 2 is 2.00 bits per heavy atom. The monoisotopic (exact) mass is 201 g/mol. The smallest absolute Gasteiger partial charge is 0.323 e. The molecule has 2 aromatic rings. The van der Waals surface area contributed by atoms with Crippen molar-refractivity contribution in [1.29, 1.82) is 0 Å². The van der Waals surface area contributed by atoms with Gasteiger partial charge in [-0.3, -0.25) is 0 Å². The molecule has 1 aromatic heterocycles. The predicted octanol–water partition coefficient (Wildman–Crippen LogP) is 1.77. The molecule has 2 N–H and O–H groups in total. The number of nitrogens with zero attached hydrogens (tertiary/aromatic N) is 2. The van der Waals surface area contributed by atoms with Crippen molar-refractivity contribution in [1.82, 2.24) is 9.89 Å². The summed E-state index contributed by atoms with van der Waals surface area (Å²) in [7, 11) is 0. The maximum absolute atomic E-state index is 12.3. The summed E-state index contributed by atoms with van der Waals surface area (Å²) in [5.41, 5.74) is -0.481. The number of benzene rings is 1. The number of rotatable bonds is 0. The van der Waals surface area contributed by atoms with E-state index in [1.165, 1.54) is 12.3 Å². The molecule has 0 fully saturated rings. The minimum atomic E-state index is -4.34. The molecule has 0 bridgehead atoms. The molecule has 0 aliphatic heterocycles. The van der Waals surface area contributed by atoms with Crippen LogP contribution in [0, 0.1) is 0 Å². The number of halogens is 3. The van der Waals surface area contributed by atoms with Crippen molar-refractivity contribution in [3.8, 4) is 0 Å². The molecular weight excluding hydrogens is 195 g/mol. The van der Waals surface area contributed by atoms with Crippen LogP contribution < -0.4 is 5.84 Å². The molecule has 2 rings (SSSR count). The summed E-state index contributed by atoms with van der Waals surface area (Å²) in [5.74, 6) is 5.27. The van der Waals surface area contributed by atoms with Gasteiger partial charge in [0.15, 0.2) is 0 Å². The maximum atomic E-state index is 12.3. The van der Waals surface area contributed by atoms with E-state index >= 15 is 0 Å². The van der Waals surface area contributed by atoms with Crippen LogP contribution in [0.5, 0.6) is 0 Å². The lowest BCUT2D eigenvalue weighted by molar-refractivity contribution is -0.137. The molecule has 6 heteroatoms. The van der Waals surface area contributed by atoms with Gasteiger partial charge < -0.3 is 5.84 Å². The largest absolute Gasteiger partial charge is 0.416 e. The number of aromatic nitrogens is 2. The van der Waals surface area contributed by atoms with Gasteiger partial charge in [-0.1, -0.05) is 6.07 Å². The topological polar surface area (TPSA) is 43.8 Å². The third kappa shape index (κ3) is 1.39. The highest BCUT2D eigenvalue weighted by atomic mass is 19.4. The molecule has 0 spiro atoms. The van der Waals surface area contributed by atoms with Gasteiger partial charge in [0.2, 0.25) is 0 Å². The van der Waals surface area contributed by atoms with Crippen molar-refractivity contribution < 1.29 is 13.2 Å². The minimum absolute atomic E-state index is 0.238. The van der Waals surface area contributed by atoms with Gasteiger partial charge in [-0.25, -0.2) is 0 Å². The Bertz CT molecular complexity index is 472.